The molecule has 1 aliphatic heterocycles. The van der Waals surface area contributed by atoms with Gasteiger partial charge in [-0.3, -0.25) is 4.99 Å². The van der Waals surface area contributed by atoms with Crippen molar-refractivity contribution in [2.24, 2.45) is 4.99 Å². The minimum atomic E-state index is -0.559. The summed E-state index contributed by atoms with van der Waals surface area (Å²) < 4.78 is 13.9. The SMILES string of the molecule is C#CC(NC1=NCCCN1C)c1ccc(Cl)cc1F. The number of terminal acetylenes is 1. The van der Waals surface area contributed by atoms with Crippen molar-refractivity contribution < 1.29 is 4.39 Å². The molecule has 1 N–H and O–H groups in total. The van der Waals surface area contributed by atoms with Crippen molar-refractivity contribution in [2.75, 3.05) is 20.1 Å². The van der Waals surface area contributed by atoms with E-state index in [0.29, 0.717) is 16.5 Å². The molecular formula is C14H15ClFN3. The summed E-state index contributed by atoms with van der Waals surface area (Å²) in [5.74, 6) is 2.83. The molecule has 3 nitrogen and oxygen atoms in total. The van der Waals surface area contributed by atoms with Crippen LogP contribution in [0.3, 0.4) is 0 Å². The molecule has 0 saturated heterocycles. The lowest BCUT2D eigenvalue weighted by molar-refractivity contribution is 0.441. The van der Waals surface area contributed by atoms with Crippen LogP contribution in [-0.2, 0) is 0 Å². The Hall–Kier alpha value is -1.73. The van der Waals surface area contributed by atoms with E-state index in [-0.39, 0.29) is 0 Å². The number of guanidine groups is 1. The molecule has 0 saturated carbocycles. The monoisotopic (exact) mass is 279 g/mol. The highest BCUT2D eigenvalue weighted by Gasteiger charge is 2.18. The third kappa shape index (κ3) is 3.18. The van der Waals surface area contributed by atoms with Crippen LogP contribution in [0.2, 0.25) is 5.02 Å². The predicted molar refractivity (Wildman–Crippen MR) is 75.7 cm³/mol. The summed E-state index contributed by atoms with van der Waals surface area (Å²) >= 11 is 5.74. The van der Waals surface area contributed by atoms with Gasteiger partial charge in [-0.25, -0.2) is 4.39 Å². The van der Waals surface area contributed by atoms with E-state index in [9.17, 15) is 4.39 Å². The molecule has 100 valence electrons. The zero-order valence-corrected chi connectivity index (χ0v) is 11.4. The first kappa shape index (κ1) is 13.7. The predicted octanol–water partition coefficient (Wildman–Crippen LogP) is 2.43. The van der Waals surface area contributed by atoms with Crippen LogP contribution in [0.1, 0.15) is 18.0 Å². The summed E-state index contributed by atoms with van der Waals surface area (Å²) in [4.78, 5) is 6.33. The Balaban J connectivity index is 2.21. The van der Waals surface area contributed by atoms with Crippen molar-refractivity contribution >= 4 is 17.6 Å². The Bertz CT molecular complexity index is 536. The number of hydrogen-bond donors (Lipinski definition) is 1. The first-order valence-corrected chi connectivity index (χ1v) is 6.43. The van der Waals surface area contributed by atoms with Crippen LogP contribution in [0.25, 0.3) is 0 Å². The van der Waals surface area contributed by atoms with Crippen molar-refractivity contribution in [3.05, 3.63) is 34.6 Å². The standard InChI is InChI=1S/C14H15ClFN3/c1-3-13(11-6-5-10(15)9-12(11)16)18-14-17-7-4-8-19(14)2/h1,5-6,9,13H,4,7-8H2,2H3,(H,17,18). The molecule has 0 fully saturated rings. The second kappa shape index (κ2) is 5.94. The second-order valence-corrected chi connectivity index (χ2v) is 4.83. The van der Waals surface area contributed by atoms with Crippen LogP contribution in [0.5, 0.6) is 0 Å². The summed E-state index contributed by atoms with van der Waals surface area (Å²) in [7, 11) is 1.93. The summed E-state index contributed by atoms with van der Waals surface area (Å²) in [6, 6.07) is 3.92. The maximum Gasteiger partial charge on any atom is 0.194 e. The van der Waals surface area contributed by atoms with Gasteiger partial charge in [0.2, 0.25) is 0 Å². The Morgan fingerprint density at radius 2 is 2.37 bits per heavy atom. The molecule has 19 heavy (non-hydrogen) atoms. The minimum Gasteiger partial charge on any atom is -0.346 e. The topological polar surface area (TPSA) is 27.6 Å². The number of rotatable bonds is 2. The van der Waals surface area contributed by atoms with Gasteiger partial charge in [0.25, 0.3) is 0 Å². The van der Waals surface area contributed by atoms with Crippen LogP contribution in [0.15, 0.2) is 23.2 Å². The van der Waals surface area contributed by atoms with Gasteiger partial charge in [-0.1, -0.05) is 23.6 Å². The fourth-order valence-electron chi connectivity index (χ4n) is 1.95. The van der Waals surface area contributed by atoms with Gasteiger partial charge in [-0.2, -0.15) is 0 Å². The summed E-state index contributed by atoms with van der Waals surface area (Å²) in [5, 5.41) is 3.44. The van der Waals surface area contributed by atoms with Gasteiger partial charge < -0.3 is 10.2 Å². The highest BCUT2D eigenvalue weighted by atomic mass is 35.5. The molecule has 0 bridgehead atoms. The average Bonchev–Trinajstić information content (AvgIpc) is 2.39. The molecule has 1 atom stereocenters. The first-order chi connectivity index (χ1) is 9.11. The fraction of sp³-hybridized carbons (Fsp3) is 0.357. The molecule has 1 aromatic carbocycles. The van der Waals surface area contributed by atoms with Gasteiger partial charge in [0, 0.05) is 30.7 Å². The van der Waals surface area contributed by atoms with E-state index in [0.717, 1.165) is 19.5 Å². The van der Waals surface area contributed by atoms with E-state index in [1.165, 1.54) is 6.07 Å². The fourth-order valence-corrected chi connectivity index (χ4v) is 2.11. The van der Waals surface area contributed by atoms with Crippen LogP contribution in [-0.4, -0.2) is 31.0 Å². The molecular weight excluding hydrogens is 265 g/mol. The van der Waals surface area contributed by atoms with Gasteiger partial charge in [-0.05, 0) is 18.6 Å². The van der Waals surface area contributed by atoms with E-state index in [1.54, 1.807) is 12.1 Å². The quantitative estimate of drug-likeness (QED) is 0.842. The Morgan fingerprint density at radius 1 is 1.58 bits per heavy atom. The second-order valence-electron chi connectivity index (χ2n) is 4.39. The Morgan fingerprint density at radius 3 is 3.00 bits per heavy atom. The van der Waals surface area contributed by atoms with Crippen LogP contribution in [0.4, 0.5) is 4.39 Å². The van der Waals surface area contributed by atoms with Crippen molar-refractivity contribution in [2.45, 2.75) is 12.5 Å². The normalized spacial score (nSPS) is 16.5. The smallest absolute Gasteiger partial charge is 0.194 e. The van der Waals surface area contributed by atoms with Crippen molar-refractivity contribution in [1.82, 2.24) is 10.2 Å². The van der Waals surface area contributed by atoms with Crippen molar-refractivity contribution in [1.29, 1.82) is 0 Å². The van der Waals surface area contributed by atoms with Gasteiger partial charge in [0.05, 0.1) is 0 Å². The zero-order chi connectivity index (χ0) is 13.8. The lowest BCUT2D eigenvalue weighted by Crippen LogP contribution is -2.43. The van der Waals surface area contributed by atoms with E-state index in [1.807, 2.05) is 11.9 Å². The molecule has 1 unspecified atom stereocenters. The molecule has 1 aliphatic rings. The van der Waals surface area contributed by atoms with Crippen LogP contribution in [0, 0.1) is 18.2 Å². The van der Waals surface area contributed by atoms with Crippen molar-refractivity contribution in [3.8, 4) is 12.3 Å². The number of hydrogen-bond acceptors (Lipinski definition) is 3. The Kier molecular flexibility index (Phi) is 4.28. The highest BCUT2D eigenvalue weighted by molar-refractivity contribution is 6.30. The number of nitrogens with zero attached hydrogens (tertiary/aromatic N) is 2. The highest BCUT2D eigenvalue weighted by Crippen LogP contribution is 2.20. The molecule has 0 spiro atoms. The maximum absolute atomic E-state index is 13.9. The van der Waals surface area contributed by atoms with E-state index >= 15 is 0 Å². The summed E-state index contributed by atoms with van der Waals surface area (Å²) in [6.45, 7) is 1.67. The largest absolute Gasteiger partial charge is 0.346 e. The third-order valence-electron chi connectivity index (χ3n) is 2.99. The molecule has 0 radical (unpaired) electrons. The van der Waals surface area contributed by atoms with Crippen LogP contribution >= 0.6 is 11.6 Å². The number of aliphatic imine (C=N–C) groups is 1. The van der Waals surface area contributed by atoms with Crippen molar-refractivity contribution in [3.63, 3.8) is 0 Å². The molecule has 1 heterocycles. The minimum absolute atomic E-state index is 0.351. The molecule has 0 aliphatic carbocycles. The number of benzene rings is 1. The molecule has 0 amide bonds. The summed E-state index contributed by atoms with van der Waals surface area (Å²) in [5.41, 5.74) is 0.397. The van der Waals surface area contributed by atoms with Gasteiger partial charge >= 0.3 is 0 Å². The molecule has 2 rings (SSSR count). The third-order valence-corrected chi connectivity index (χ3v) is 3.22. The average molecular weight is 280 g/mol. The maximum atomic E-state index is 13.9. The summed E-state index contributed by atoms with van der Waals surface area (Å²) in [6.07, 6.45) is 6.50. The van der Waals surface area contributed by atoms with Gasteiger partial charge in [-0.15, -0.1) is 6.42 Å². The number of halogens is 2. The van der Waals surface area contributed by atoms with E-state index in [2.05, 4.69) is 16.2 Å². The van der Waals surface area contributed by atoms with E-state index < -0.39 is 11.9 Å². The first-order valence-electron chi connectivity index (χ1n) is 6.05. The van der Waals surface area contributed by atoms with Crippen LogP contribution < -0.4 is 5.32 Å². The van der Waals surface area contributed by atoms with Gasteiger partial charge in [0.1, 0.15) is 11.9 Å². The van der Waals surface area contributed by atoms with Gasteiger partial charge in [0.15, 0.2) is 5.96 Å². The Labute approximate surface area is 117 Å². The molecule has 5 heteroatoms. The zero-order valence-electron chi connectivity index (χ0n) is 10.7. The molecule has 0 aromatic heterocycles. The number of nitrogens with one attached hydrogen (secondary N) is 1. The van der Waals surface area contributed by atoms with E-state index in [4.69, 9.17) is 18.0 Å². The lowest BCUT2D eigenvalue weighted by atomic mass is 10.1. The molecule has 1 aromatic rings. The lowest BCUT2D eigenvalue weighted by Gasteiger charge is -2.28.